The molecule has 32 heavy (non-hydrogen) atoms. The van der Waals surface area contributed by atoms with E-state index in [1.54, 1.807) is 24.3 Å². The Morgan fingerprint density at radius 2 is 1.81 bits per heavy atom. The van der Waals surface area contributed by atoms with Gasteiger partial charge in [-0.05, 0) is 49.4 Å². The third-order valence-corrected chi connectivity index (χ3v) is 7.16. The lowest BCUT2D eigenvalue weighted by molar-refractivity contribution is 0.0730. The second kappa shape index (κ2) is 9.23. The molecule has 1 saturated heterocycles. The maximum Gasteiger partial charge on any atom is 0.261 e. The van der Waals surface area contributed by atoms with Gasteiger partial charge in [0, 0.05) is 18.8 Å². The number of carbonyl (C=O) groups is 1. The van der Waals surface area contributed by atoms with E-state index in [-0.39, 0.29) is 43.3 Å². The van der Waals surface area contributed by atoms with Crippen LogP contribution in [0.3, 0.4) is 0 Å². The van der Waals surface area contributed by atoms with E-state index in [1.165, 1.54) is 21.5 Å². The van der Waals surface area contributed by atoms with Gasteiger partial charge in [-0.2, -0.15) is 4.31 Å². The van der Waals surface area contributed by atoms with Crippen molar-refractivity contribution in [2.45, 2.75) is 18.4 Å². The van der Waals surface area contributed by atoms with Crippen molar-refractivity contribution < 1.29 is 26.8 Å². The number of morpholine rings is 1. The van der Waals surface area contributed by atoms with Gasteiger partial charge in [0.05, 0.1) is 36.5 Å². The first-order valence-electron chi connectivity index (χ1n) is 10.1. The molecule has 0 saturated carbocycles. The number of furan rings is 1. The van der Waals surface area contributed by atoms with E-state index in [0.717, 1.165) is 17.7 Å². The molecule has 0 bridgehead atoms. The molecule has 1 amide bonds. The molecule has 0 N–H and O–H groups in total. The molecule has 2 heterocycles. The number of anilines is 1. The zero-order chi connectivity index (χ0) is 22.7. The summed E-state index contributed by atoms with van der Waals surface area (Å²) in [6, 6.07) is 13.9. The second-order valence-corrected chi connectivity index (χ2v) is 9.40. The Morgan fingerprint density at radius 3 is 2.47 bits per heavy atom. The molecular formula is C23H23FN2O5S. The molecule has 0 radical (unpaired) electrons. The van der Waals surface area contributed by atoms with Crippen LogP contribution in [0.2, 0.25) is 0 Å². The fraction of sp³-hybridized carbons (Fsp3) is 0.261. The van der Waals surface area contributed by atoms with E-state index >= 15 is 0 Å². The first-order chi connectivity index (χ1) is 15.4. The highest BCUT2D eigenvalue weighted by Crippen LogP contribution is 2.25. The Hall–Kier alpha value is -3.01. The van der Waals surface area contributed by atoms with Crippen molar-refractivity contribution in [1.82, 2.24) is 4.31 Å². The molecule has 0 unspecified atom stereocenters. The van der Waals surface area contributed by atoms with Crippen LogP contribution in [0.5, 0.6) is 0 Å². The van der Waals surface area contributed by atoms with Crippen LogP contribution in [0.4, 0.5) is 10.1 Å². The molecule has 0 spiro atoms. The summed E-state index contributed by atoms with van der Waals surface area (Å²) in [6.07, 6.45) is 1.49. The Kier molecular flexibility index (Phi) is 6.40. The van der Waals surface area contributed by atoms with E-state index in [0.29, 0.717) is 11.4 Å². The van der Waals surface area contributed by atoms with Crippen molar-refractivity contribution >= 4 is 21.6 Å². The molecule has 4 rings (SSSR count). The van der Waals surface area contributed by atoms with Crippen LogP contribution in [0, 0.1) is 12.7 Å². The van der Waals surface area contributed by atoms with Gasteiger partial charge in [-0.25, -0.2) is 12.8 Å². The Labute approximate surface area is 186 Å². The van der Waals surface area contributed by atoms with Gasteiger partial charge in [0.15, 0.2) is 0 Å². The van der Waals surface area contributed by atoms with Crippen LogP contribution in [0.1, 0.15) is 21.7 Å². The maximum atomic E-state index is 14.8. The smallest absolute Gasteiger partial charge is 0.261 e. The Balaban J connectivity index is 1.71. The van der Waals surface area contributed by atoms with Crippen LogP contribution in [-0.2, 0) is 21.3 Å². The third kappa shape index (κ3) is 4.59. The predicted molar refractivity (Wildman–Crippen MR) is 116 cm³/mol. The summed E-state index contributed by atoms with van der Waals surface area (Å²) in [5, 5.41) is 0. The van der Waals surface area contributed by atoms with Crippen LogP contribution in [-0.4, -0.2) is 44.9 Å². The second-order valence-electron chi connectivity index (χ2n) is 7.46. The number of halogens is 1. The SMILES string of the molecule is Cc1ccc(N(Cc2ccco2)C(=O)c2cc(S(=O)(=O)N3CCOCC3)ccc2F)cc1. The van der Waals surface area contributed by atoms with Crippen molar-refractivity contribution in [2.75, 3.05) is 31.2 Å². The fourth-order valence-corrected chi connectivity index (χ4v) is 4.91. The van der Waals surface area contributed by atoms with Gasteiger partial charge in [0.1, 0.15) is 11.6 Å². The first-order valence-corrected chi connectivity index (χ1v) is 11.6. The van der Waals surface area contributed by atoms with E-state index in [1.807, 2.05) is 19.1 Å². The van der Waals surface area contributed by atoms with Crippen molar-refractivity contribution in [3.05, 3.63) is 83.6 Å². The van der Waals surface area contributed by atoms with E-state index in [9.17, 15) is 17.6 Å². The minimum Gasteiger partial charge on any atom is -0.467 e. The zero-order valence-corrected chi connectivity index (χ0v) is 18.3. The Morgan fingerprint density at radius 1 is 1.09 bits per heavy atom. The van der Waals surface area contributed by atoms with Crippen LogP contribution >= 0.6 is 0 Å². The highest BCUT2D eigenvalue weighted by atomic mass is 32.2. The van der Waals surface area contributed by atoms with Crippen molar-refractivity contribution in [3.8, 4) is 0 Å². The summed E-state index contributed by atoms with van der Waals surface area (Å²) >= 11 is 0. The number of carbonyl (C=O) groups excluding carboxylic acids is 1. The lowest BCUT2D eigenvalue weighted by Gasteiger charge is -2.26. The van der Waals surface area contributed by atoms with Gasteiger partial charge in [-0.15, -0.1) is 0 Å². The fourth-order valence-electron chi connectivity index (χ4n) is 3.47. The zero-order valence-electron chi connectivity index (χ0n) is 17.5. The van der Waals surface area contributed by atoms with Crippen molar-refractivity contribution in [2.24, 2.45) is 0 Å². The van der Waals surface area contributed by atoms with Crippen LogP contribution < -0.4 is 4.90 Å². The van der Waals surface area contributed by atoms with Crippen LogP contribution in [0.15, 0.2) is 70.2 Å². The molecular weight excluding hydrogens is 435 g/mol. The number of amides is 1. The first kappa shape index (κ1) is 22.2. The molecule has 2 aromatic carbocycles. The van der Waals surface area contributed by atoms with Crippen molar-refractivity contribution in [3.63, 3.8) is 0 Å². The standard InChI is InChI=1S/C23H23FN2O5S/c1-17-4-6-18(7-5-17)26(16-19-3-2-12-31-19)23(27)21-15-20(8-9-22(21)24)32(28,29)25-10-13-30-14-11-25/h2-9,12,15H,10-11,13-14,16H2,1H3. The van der Waals surface area contributed by atoms with Gasteiger partial charge in [0.25, 0.3) is 5.91 Å². The van der Waals surface area contributed by atoms with Gasteiger partial charge in [-0.3, -0.25) is 4.79 Å². The van der Waals surface area contributed by atoms with E-state index in [2.05, 4.69) is 0 Å². The minimum atomic E-state index is -3.88. The summed E-state index contributed by atoms with van der Waals surface area (Å²) in [4.78, 5) is 14.7. The van der Waals surface area contributed by atoms with Gasteiger partial charge in [0.2, 0.25) is 10.0 Å². The van der Waals surface area contributed by atoms with Gasteiger partial charge >= 0.3 is 0 Å². The molecule has 1 aliphatic heterocycles. The predicted octanol–water partition coefficient (Wildman–Crippen LogP) is 3.60. The molecule has 0 atom stereocenters. The lowest BCUT2D eigenvalue weighted by atomic mass is 10.1. The highest BCUT2D eigenvalue weighted by molar-refractivity contribution is 7.89. The average Bonchev–Trinajstić information content (AvgIpc) is 3.32. The van der Waals surface area contributed by atoms with Gasteiger partial charge < -0.3 is 14.1 Å². The maximum absolute atomic E-state index is 14.8. The molecule has 168 valence electrons. The molecule has 3 aromatic rings. The number of ether oxygens (including phenoxy) is 1. The quantitative estimate of drug-likeness (QED) is 0.564. The monoisotopic (exact) mass is 458 g/mol. The molecule has 1 fully saturated rings. The summed E-state index contributed by atoms with van der Waals surface area (Å²) in [5.74, 6) is -0.953. The van der Waals surface area contributed by atoms with Crippen LogP contribution in [0.25, 0.3) is 0 Å². The normalized spacial score (nSPS) is 14.9. The summed E-state index contributed by atoms with van der Waals surface area (Å²) in [7, 11) is -3.88. The van der Waals surface area contributed by atoms with Crippen molar-refractivity contribution in [1.29, 1.82) is 0 Å². The molecule has 7 nitrogen and oxygen atoms in total. The van der Waals surface area contributed by atoms with E-state index in [4.69, 9.17) is 9.15 Å². The number of hydrogen-bond acceptors (Lipinski definition) is 5. The molecule has 1 aromatic heterocycles. The number of nitrogens with zero attached hydrogens (tertiary/aromatic N) is 2. The summed E-state index contributed by atoms with van der Waals surface area (Å²) < 4.78 is 52.7. The highest BCUT2D eigenvalue weighted by Gasteiger charge is 2.29. The number of rotatable bonds is 6. The van der Waals surface area contributed by atoms with E-state index < -0.39 is 21.7 Å². The summed E-state index contributed by atoms with van der Waals surface area (Å²) in [5.41, 5.74) is 1.22. The number of sulfonamides is 1. The summed E-state index contributed by atoms with van der Waals surface area (Å²) in [6.45, 7) is 2.97. The third-order valence-electron chi connectivity index (χ3n) is 5.26. The minimum absolute atomic E-state index is 0.0643. The number of benzene rings is 2. The average molecular weight is 459 g/mol. The topological polar surface area (TPSA) is 80.1 Å². The number of hydrogen-bond donors (Lipinski definition) is 0. The molecule has 1 aliphatic rings. The Bertz CT molecular complexity index is 1190. The lowest BCUT2D eigenvalue weighted by Crippen LogP contribution is -2.40. The van der Waals surface area contributed by atoms with Gasteiger partial charge in [-0.1, -0.05) is 17.7 Å². The number of aryl methyl sites for hydroxylation is 1. The molecule has 0 aliphatic carbocycles. The largest absolute Gasteiger partial charge is 0.467 e. The molecule has 9 heteroatoms.